The van der Waals surface area contributed by atoms with E-state index in [0.29, 0.717) is 5.03 Å². The minimum absolute atomic E-state index is 0.202. The van der Waals surface area contributed by atoms with Gasteiger partial charge in [-0.3, -0.25) is 10.00 Å². The van der Waals surface area contributed by atoms with Gasteiger partial charge in [-0.15, -0.1) is 0 Å². The predicted molar refractivity (Wildman–Crippen MR) is 120 cm³/mol. The Morgan fingerprint density at radius 3 is 2.90 bits per heavy atom. The van der Waals surface area contributed by atoms with Crippen LogP contribution >= 0.6 is 0 Å². The van der Waals surface area contributed by atoms with Crippen molar-refractivity contribution in [3.8, 4) is 5.75 Å². The summed E-state index contributed by atoms with van der Waals surface area (Å²) in [7, 11) is -1.37. The molecule has 154 valence electrons. The molecule has 2 unspecified atom stereocenters. The van der Waals surface area contributed by atoms with Gasteiger partial charge in [0.1, 0.15) is 27.7 Å². The maximum Gasteiger partial charge on any atom is 0.135 e. The maximum absolute atomic E-state index is 13.5. The fourth-order valence-electron chi connectivity index (χ4n) is 4.25. The summed E-state index contributed by atoms with van der Waals surface area (Å²) in [5.41, 5.74) is 0.796. The number of hydrogen-bond acceptors (Lipinski definition) is 4. The van der Waals surface area contributed by atoms with Crippen LogP contribution in [0.4, 0.5) is 0 Å². The molecule has 3 aromatic carbocycles. The quantitative estimate of drug-likeness (QED) is 0.490. The number of ether oxygens (including phenoxy) is 1. The zero-order valence-corrected chi connectivity index (χ0v) is 17.8. The summed E-state index contributed by atoms with van der Waals surface area (Å²) >= 11 is 0. The van der Waals surface area contributed by atoms with E-state index in [1.807, 2.05) is 60.7 Å². The average molecular weight is 420 g/mol. The van der Waals surface area contributed by atoms with Crippen molar-refractivity contribution in [2.24, 2.45) is 0 Å². The number of hydrogen-bond donors (Lipinski definition) is 1. The lowest BCUT2D eigenvalue weighted by molar-refractivity contribution is 0.200. The maximum atomic E-state index is 13.5. The van der Waals surface area contributed by atoms with Gasteiger partial charge in [-0.1, -0.05) is 43.3 Å². The lowest BCUT2D eigenvalue weighted by Crippen LogP contribution is -2.25. The van der Waals surface area contributed by atoms with Gasteiger partial charge >= 0.3 is 0 Å². The minimum atomic E-state index is -1.37. The van der Waals surface area contributed by atoms with E-state index in [-0.39, 0.29) is 6.10 Å². The van der Waals surface area contributed by atoms with Crippen molar-refractivity contribution in [2.75, 3.05) is 19.6 Å². The lowest BCUT2D eigenvalue weighted by atomic mass is 10.1. The summed E-state index contributed by atoms with van der Waals surface area (Å²) in [6.45, 7) is 5.38. The van der Waals surface area contributed by atoms with Crippen LogP contribution in [0.25, 0.3) is 21.7 Å². The van der Waals surface area contributed by atoms with Gasteiger partial charge in [0.2, 0.25) is 0 Å². The van der Waals surface area contributed by atoms with Crippen molar-refractivity contribution in [1.29, 1.82) is 0 Å². The van der Waals surface area contributed by atoms with Crippen molar-refractivity contribution in [3.05, 3.63) is 60.7 Å². The molecule has 0 radical (unpaired) electrons. The van der Waals surface area contributed by atoms with Crippen LogP contribution in [-0.2, 0) is 10.8 Å². The van der Waals surface area contributed by atoms with Gasteiger partial charge in [0.25, 0.3) is 0 Å². The van der Waals surface area contributed by atoms with Crippen molar-refractivity contribution < 1.29 is 8.95 Å². The van der Waals surface area contributed by atoms with E-state index in [4.69, 9.17) is 4.74 Å². The number of aromatic amines is 1. The Kier molecular flexibility index (Phi) is 5.27. The van der Waals surface area contributed by atoms with Crippen LogP contribution in [0.3, 0.4) is 0 Å². The molecule has 0 bridgehead atoms. The van der Waals surface area contributed by atoms with Crippen LogP contribution in [-0.4, -0.2) is 45.0 Å². The first kappa shape index (κ1) is 19.3. The Morgan fingerprint density at radius 1 is 1.13 bits per heavy atom. The van der Waals surface area contributed by atoms with Crippen LogP contribution in [0, 0.1) is 0 Å². The van der Waals surface area contributed by atoms with Crippen molar-refractivity contribution >= 4 is 32.5 Å². The zero-order chi connectivity index (χ0) is 20.5. The number of likely N-dealkylation sites (tertiary alicyclic amines) is 1. The normalized spacial score (nSPS) is 18.2. The van der Waals surface area contributed by atoms with Gasteiger partial charge in [0.05, 0.1) is 10.4 Å². The standard InChI is InChI=1S/C24H25N3O2S/c1-2-13-27-14-12-19(16-27)29-18-10-11-22-21(15-18)24(26-25-22)30(28)23-9-5-7-17-6-3-4-8-20(17)23/h3-11,15,19H,2,12-14,16H2,1H3,(H,25,26). The molecular formula is C24H25N3O2S. The number of nitrogens with one attached hydrogen (secondary N) is 1. The molecule has 2 atom stereocenters. The Labute approximate surface area is 178 Å². The summed E-state index contributed by atoms with van der Waals surface area (Å²) in [5, 5.41) is 10.9. The first-order valence-electron chi connectivity index (χ1n) is 10.5. The third kappa shape index (κ3) is 3.61. The van der Waals surface area contributed by atoms with E-state index in [1.165, 1.54) is 0 Å². The molecule has 6 heteroatoms. The summed E-state index contributed by atoms with van der Waals surface area (Å²) in [4.78, 5) is 3.23. The highest BCUT2D eigenvalue weighted by Crippen LogP contribution is 2.30. The second kappa shape index (κ2) is 8.20. The smallest absolute Gasteiger partial charge is 0.135 e. The van der Waals surface area contributed by atoms with Crippen LogP contribution in [0.15, 0.2) is 70.6 Å². The third-order valence-corrected chi connectivity index (χ3v) is 7.13. The molecule has 1 N–H and O–H groups in total. The summed E-state index contributed by atoms with van der Waals surface area (Å²) in [5.74, 6) is 0.809. The van der Waals surface area contributed by atoms with Crippen molar-refractivity contribution in [2.45, 2.75) is 35.8 Å². The highest BCUT2D eigenvalue weighted by atomic mass is 32.2. The van der Waals surface area contributed by atoms with Gasteiger partial charge in [-0.05, 0) is 54.4 Å². The Bertz CT molecular complexity index is 1210. The van der Waals surface area contributed by atoms with Gasteiger partial charge in [-0.25, -0.2) is 4.21 Å². The van der Waals surface area contributed by atoms with Gasteiger partial charge in [0.15, 0.2) is 0 Å². The molecule has 1 aromatic heterocycles. The Morgan fingerprint density at radius 2 is 2.00 bits per heavy atom. The first-order chi connectivity index (χ1) is 14.7. The number of nitrogens with zero attached hydrogens (tertiary/aromatic N) is 2. The molecule has 0 saturated carbocycles. The van der Waals surface area contributed by atoms with E-state index < -0.39 is 10.8 Å². The fraction of sp³-hybridized carbons (Fsp3) is 0.292. The highest BCUT2D eigenvalue weighted by molar-refractivity contribution is 7.85. The van der Waals surface area contributed by atoms with Gasteiger partial charge in [-0.2, -0.15) is 5.10 Å². The monoisotopic (exact) mass is 419 g/mol. The molecular weight excluding hydrogens is 394 g/mol. The topological polar surface area (TPSA) is 58.2 Å². The number of H-pyrrole nitrogens is 1. The van der Waals surface area contributed by atoms with Crippen LogP contribution < -0.4 is 4.74 Å². The first-order valence-corrected chi connectivity index (χ1v) is 11.6. The molecule has 30 heavy (non-hydrogen) atoms. The molecule has 1 aliphatic heterocycles. The molecule has 1 saturated heterocycles. The van der Waals surface area contributed by atoms with E-state index >= 15 is 0 Å². The molecule has 4 aromatic rings. The zero-order valence-electron chi connectivity index (χ0n) is 17.0. The van der Waals surface area contributed by atoms with Crippen LogP contribution in [0.1, 0.15) is 19.8 Å². The number of benzene rings is 3. The molecule has 5 rings (SSSR count). The second-order valence-electron chi connectivity index (χ2n) is 7.81. The molecule has 1 aliphatic rings. The van der Waals surface area contributed by atoms with E-state index in [9.17, 15) is 4.21 Å². The number of rotatable bonds is 6. The summed E-state index contributed by atoms with van der Waals surface area (Å²) in [6.07, 6.45) is 2.41. The Balaban J connectivity index is 1.45. The molecule has 0 aliphatic carbocycles. The predicted octanol–water partition coefficient (Wildman–Crippen LogP) is 4.75. The lowest BCUT2D eigenvalue weighted by Gasteiger charge is -2.16. The van der Waals surface area contributed by atoms with Crippen molar-refractivity contribution in [1.82, 2.24) is 15.1 Å². The van der Waals surface area contributed by atoms with Crippen molar-refractivity contribution in [3.63, 3.8) is 0 Å². The van der Waals surface area contributed by atoms with Gasteiger partial charge < -0.3 is 4.74 Å². The summed E-state index contributed by atoms with van der Waals surface area (Å²) < 4.78 is 19.8. The molecule has 2 heterocycles. The number of aromatic nitrogens is 2. The molecule has 0 spiro atoms. The average Bonchev–Trinajstić information content (AvgIpc) is 3.40. The van der Waals surface area contributed by atoms with E-state index in [1.54, 1.807) is 0 Å². The molecule has 1 fully saturated rings. The van der Waals surface area contributed by atoms with Crippen LogP contribution in [0.5, 0.6) is 5.75 Å². The Hall–Kier alpha value is -2.70. The second-order valence-corrected chi connectivity index (χ2v) is 9.19. The molecule has 5 nitrogen and oxygen atoms in total. The third-order valence-electron chi connectivity index (χ3n) is 5.70. The van der Waals surface area contributed by atoms with Crippen LogP contribution in [0.2, 0.25) is 0 Å². The fourth-order valence-corrected chi connectivity index (χ4v) is 5.55. The summed E-state index contributed by atoms with van der Waals surface area (Å²) in [6, 6.07) is 19.8. The van der Waals surface area contributed by atoms with E-state index in [2.05, 4.69) is 22.0 Å². The number of fused-ring (bicyclic) bond motifs is 2. The van der Waals surface area contributed by atoms with E-state index in [0.717, 1.165) is 64.8 Å². The largest absolute Gasteiger partial charge is 0.489 e. The highest BCUT2D eigenvalue weighted by Gasteiger charge is 2.24. The minimum Gasteiger partial charge on any atom is -0.489 e. The van der Waals surface area contributed by atoms with Gasteiger partial charge in [0, 0.05) is 18.5 Å². The molecule has 0 amide bonds. The SMILES string of the molecule is CCCN1CCC(Oc2ccc3n[nH]c(S(=O)c4cccc5ccccc45)c3c2)C1.